The molecule has 1 aliphatic rings. The molecule has 1 N–H and O–H groups in total. The molecule has 16 heavy (non-hydrogen) atoms. The van der Waals surface area contributed by atoms with Crippen LogP contribution in [-0.2, 0) is 14.3 Å². The molecule has 1 rings (SSSR count). The smallest absolute Gasteiger partial charge is 0.310 e. The number of ether oxygens (including phenoxy) is 1. The fourth-order valence-electron chi connectivity index (χ4n) is 1.27. The average molecular weight is 343 g/mol. The first-order chi connectivity index (χ1) is 7.67. The molecule has 94 valence electrons. The molecule has 0 amide bonds. The molecule has 0 saturated heterocycles. The Morgan fingerprint density at radius 2 is 1.94 bits per heavy atom. The van der Waals surface area contributed by atoms with Crippen molar-refractivity contribution in [2.75, 3.05) is 4.91 Å². The summed E-state index contributed by atoms with van der Waals surface area (Å²) in [6, 6.07) is 0. The Morgan fingerprint density at radius 1 is 1.50 bits per heavy atom. The van der Waals surface area contributed by atoms with E-state index in [-0.39, 0.29) is 6.42 Å². The molecule has 0 spiro atoms. The van der Waals surface area contributed by atoms with Gasteiger partial charge in [0.1, 0.15) is 5.60 Å². The van der Waals surface area contributed by atoms with Crippen LogP contribution in [0, 0.1) is 5.41 Å². The molecule has 1 fully saturated rings. The minimum Gasteiger partial charge on any atom is -0.481 e. The van der Waals surface area contributed by atoms with Crippen LogP contribution < -0.4 is 0 Å². The van der Waals surface area contributed by atoms with E-state index in [1.807, 2.05) is 22.6 Å². The van der Waals surface area contributed by atoms with Crippen molar-refractivity contribution in [1.82, 2.24) is 0 Å². The van der Waals surface area contributed by atoms with Gasteiger partial charge in [-0.3, -0.25) is 9.59 Å². The van der Waals surface area contributed by atoms with Crippen molar-refractivity contribution in [3.8, 4) is 0 Å². The number of halogens is 1. The third-order valence-corrected chi connectivity index (χ3v) is 2.21. The maximum atomic E-state index is 11.3. The summed E-state index contributed by atoms with van der Waals surface area (Å²) in [7, 11) is 0. The van der Waals surface area contributed by atoms with E-state index < -0.39 is 23.0 Å². The number of carbonyl (C=O) groups excluding carboxylic acids is 1. The second kappa shape index (κ2) is 5.84. The maximum Gasteiger partial charge on any atom is 0.310 e. The number of hydrogen-bond donors (Lipinski definition) is 1. The molecule has 4 nitrogen and oxygen atoms in total. The molecule has 0 unspecified atom stereocenters. The third-order valence-electron chi connectivity index (χ3n) is 2.21. The van der Waals surface area contributed by atoms with E-state index in [9.17, 15) is 9.59 Å². The van der Waals surface area contributed by atoms with Crippen LogP contribution in [0.4, 0.5) is 0 Å². The van der Waals surface area contributed by atoms with Gasteiger partial charge in [-0.05, 0) is 38.5 Å². The van der Waals surface area contributed by atoms with Gasteiger partial charge in [0.2, 0.25) is 0 Å². The SMILES string of the molecule is CC(C)(C)OC(=O)CC1(C(=O)O)CC1.[2H]CI. The van der Waals surface area contributed by atoms with E-state index >= 15 is 0 Å². The van der Waals surface area contributed by atoms with Crippen molar-refractivity contribution in [2.24, 2.45) is 5.41 Å². The molecule has 1 aliphatic carbocycles. The summed E-state index contributed by atoms with van der Waals surface area (Å²) < 4.78 is 11.3. The van der Waals surface area contributed by atoms with Crippen molar-refractivity contribution >= 4 is 34.5 Å². The highest BCUT2D eigenvalue weighted by molar-refractivity contribution is 14.1. The summed E-state index contributed by atoms with van der Waals surface area (Å²) in [6.07, 6.45) is 1.17. The molecule has 0 atom stereocenters. The molecule has 0 aromatic heterocycles. The summed E-state index contributed by atoms with van der Waals surface area (Å²) in [5.74, 6) is -1.30. The number of esters is 1. The summed E-state index contributed by atoms with van der Waals surface area (Å²) in [5.41, 5.74) is -1.35. The summed E-state index contributed by atoms with van der Waals surface area (Å²) in [6.45, 7) is 5.31. The van der Waals surface area contributed by atoms with Crippen molar-refractivity contribution in [3.63, 3.8) is 0 Å². The number of rotatable bonds is 3. The van der Waals surface area contributed by atoms with E-state index in [1.165, 1.54) is 0 Å². The van der Waals surface area contributed by atoms with Gasteiger partial charge in [-0.25, -0.2) is 0 Å². The van der Waals surface area contributed by atoms with Crippen LogP contribution in [0.5, 0.6) is 0 Å². The topological polar surface area (TPSA) is 63.6 Å². The van der Waals surface area contributed by atoms with E-state index in [2.05, 4.69) is 0 Å². The van der Waals surface area contributed by atoms with Crippen LogP contribution in [0.1, 0.15) is 41.4 Å². The van der Waals surface area contributed by atoms with Crippen molar-refractivity contribution in [3.05, 3.63) is 0 Å². The van der Waals surface area contributed by atoms with Crippen LogP contribution in [0.2, 0.25) is 0 Å². The van der Waals surface area contributed by atoms with Gasteiger partial charge in [0, 0.05) is 1.37 Å². The van der Waals surface area contributed by atoms with Gasteiger partial charge in [0.25, 0.3) is 0 Å². The molecule has 0 aliphatic heterocycles. The second-order valence-electron chi connectivity index (χ2n) is 4.85. The Labute approximate surface area is 111 Å². The molecule has 5 heteroatoms. The van der Waals surface area contributed by atoms with Gasteiger partial charge in [0.15, 0.2) is 0 Å². The lowest BCUT2D eigenvalue weighted by Crippen LogP contribution is -2.27. The Morgan fingerprint density at radius 3 is 2.19 bits per heavy atom. The van der Waals surface area contributed by atoms with Gasteiger partial charge in [-0.1, -0.05) is 22.6 Å². The Hall–Kier alpha value is -0.330. The van der Waals surface area contributed by atoms with Gasteiger partial charge >= 0.3 is 11.9 Å². The largest absolute Gasteiger partial charge is 0.481 e. The van der Waals surface area contributed by atoms with Crippen LogP contribution >= 0.6 is 22.6 Å². The minimum absolute atomic E-state index is 0.000394. The predicted octanol–water partition coefficient (Wildman–Crippen LogP) is 2.63. The summed E-state index contributed by atoms with van der Waals surface area (Å²) >= 11 is 1.96. The Balaban J connectivity index is 0.000000770. The van der Waals surface area contributed by atoms with Crippen LogP contribution in [0.25, 0.3) is 0 Å². The first-order valence-corrected chi connectivity index (χ1v) is 6.50. The highest BCUT2D eigenvalue weighted by Gasteiger charge is 2.52. The zero-order valence-electron chi connectivity index (χ0n) is 10.9. The van der Waals surface area contributed by atoms with Gasteiger partial charge < -0.3 is 9.84 Å². The van der Waals surface area contributed by atoms with Crippen molar-refractivity contribution in [2.45, 2.75) is 45.6 Å². The Bertz CT molecular complexity index is 282. The zero-order valence-corrected chi connectivity index (χ0v) is 12.0. The molecule has 0 aromatic carbocycles. The van der Waals surface area contributed by atoms with Gasteiger partial charge in [-0.2, -0.15) is 0 Å². The fraction of sp³-hybridized carbons (Fsp3) is 0.818. The van der Waals surface area contributed by atoms with Crippen molar-refractivity contribution < 1.29 is 20.8 Å². The van der Waals surface area contributed by atoms with Gasteiger partial charge in [0.05, 0.1) is 11.8 Å². The molecular formula is C11H19IO4. The summed E-state index contributed by atoms with van der Waals surface area (Å²) in [4.78, 5) is 22.6. The average Bonchev–Trinajstić information content (AvgIpc) is 2.82. The standard InChI is InChI=1S/C10H16O4.CH3I/c1-9(2,3)14-7(11)6-10(4-5-10)8(12)13;1-2/h4-6H2,1-3H3,(H,12,13);1H3/i;1D. The highest BCUT2D eigenvalue weighted by Crippen LogP contribution is 2.49. The van der Waals surface area contributed by atoms with Crippen LogP contribution in [0.3, 0.4) is 0 Å². The van der Waals surface area contributed by atoms with Crippen molar-refractivity contribution in [1.29, 1.82) is 0 Å². The van der Waals surface area contributed by atoms with E-state index in [0.717, 1.165) is 0 Å². The number of carboxylic acids is 1. The first-order valence-electron chi connectivity index (χ1n) is 5.68. The lowest BCUT2D eigenvalue weighted by Gasteiger charge is -2.20. The maximum absolute atomic E-state index is 11.3. The van der Waals surface area contributed by atoms with E-state index in [1.54, 1.807) is 20.8 Å². The van der Waals surface area contributed by atoms with Gasteiger partial charge in [-0.15, -0.1) is 0 Å². The molecule has 0 aromatic rings. The monoisotopic (exact) mass is 343 g/mol. The normalized spacial score (nSPS) is 17.6. The number of alkyl halides is 1. The minimum atomic E-state index is -0.886. The third kappa shape index (κ3) is 5.14. The zero-order chi connectivity index (χ0) is 13.7. The molecule has 0 bridgehead atoms. The number of aliphatic carboxylic acids is 1. The van der Waals surface area contributed by atoms with Crippen LogP contribution in [-0.4, -0.2) is 27.6 Å². The molecule has 0 heterocycles. The van der Waals surface area contributed by atoms with E-state index in [0.29, 0.717) is 17.7 Å². The first kappa shape index (κ1) is 13.7. The van der Waals surface area contributed by atoms with Crippen LogP contribution in [0.15, 0.2) is 0 Å². The Kier molecular flexibility index (Phi) is 5.01. The molecule has 0 radical (unpaired) electrons. The molecular weight excluding hydrogens is 323 g/mol. The van der Waals surface area contributed by atoms with E-state index in [4.69, 9.17) is 11.2 Å². The number of carboxylic acid groups (broad SMARTS) is 1. The summed E-state index contributed by atoms with van der Waals surface area (Å²) in [5, 5.41) is 8.84. The second-order valence-corrected chi connectivity index (χ2v) is 4.85. The quantitative estimate of drug-likeness (QED) is 0.486. The number of carbonyl (C=O) groups is 2. The fourth-order valence-corrected chi connectivity index (χ4v) is 1.27. The predicted molar refractivity (Wildman–Crippen MR) is 69.7 cm³/mol. The lowest BCUT2D eigenvalue weighted by molar-refractivity contribution is -0.160. The highest BCUT2D eigenvalue weighted by atomic mass is 127. The number of hydrogen-bond acceptors (Lipinski definition) is 3. The molecule has 1 saturated carbocycles. The lowest BCUT2D eigenvalue weighted by atomic mass is 10.0.